The van der Waals surface area contributed by atoms with Crippen molar-refractivity contribution in [2.75, 3.05) is 17.7 Å². The van der Waals surface area contributed by atoms with Gasteiger partial charge in [0.1, 0.15) is 5.75 Å². The Bertz CT molecular complexity index is 954. The molecule has 0 unspecified atom stereocenters. The van der Waals surface area contributed by atoms with Crippen molar-refractivity contribution in [3.8, 4) is 5.75 Å². The number of aromatic nitrogens is 2. The molecule has 3 aromatic rings. The lowest BCUT2D eigenvalue weighted by molar-refractivity contribution is 0.102. The van der Waals surface area contributed by atoms with Gasteiger partial charge < -0.3 is 15.4 Å². The zero-order chi connectivity index (χ0) is 19.4. The number of rotatable bonds is 5. The SMILES string of the molecule is COc1ccc(Cl)cc1C(=O)Nc1ccc(Nc2nc(C)cc(C)n2)cc1. The number of hydrogen-bond acceptors (Lipinski definition) is 5. The van der Waals surface area contributed by atoms with Gasteiger partial charge >= 0.3 is 0 Å². The molecule has 6 nitrogen and oxygen atoms in total. The standard InChI is InChI=1S/C20H19ClN4O2/c1-12-10-13(2)23-20(22-12)25-16-7-5-15(6-8-16)24-19(26)17-11-14(21)4-9-18(17)27-3/h4-11H,1-3H3,(H,24,26)(H,22,23,25). The van der Waals surface area contributed by atoms with Crippen LogP contribution < -0.4 is 15.4 Å². The van der Waals surface area contributed by atoms with Crippen LogP contribution >= 0.6 is 11.6 Å². The van der Waals surface area contributed by atoms with Crippen LogP contribution in [0.25, 0.3) is 0 Å². The third kappa shape index (κ3) is 4.74. The fourth-order valence-corrected chi connectivity index (χ4v) is 2.78. The predicted molar refractivity (Wildman–Crippen MR) is 107 cm³/mol. The van der Waals surface area contributed by atoms with Gasteiger partial charge in [0.05, 0.1) is 12.7 Å². The monoisotopic (exact) mass is 382 g/mol. The highest BCUT2D eigenvalue weighted by Gasteiger charge is 2.13. The highest BCUT2D eigenvalue weighted by atomic mass is 35.5. The molecule has 0 spiro atoms. The number of amides is 1. The van der Waals surface area contributed by atoms with E-state index in [1.807, 2.05) is 32.0 Å². The number of methoxy groups -OCH3 is 1. The lowest BCUT2D eigenvalue weighted by Gasteiger charge is -2.11. The third-order valence-electron chi connectivity index (χ3n) is 3.79. The quantitative estimate of drug-likeness (QED) is 0.665. The number of benzene rings is 2. The minimum Gasteiger partial charge on any atom is -0.496 e. The van der Waals surface area contributed by atoms with Gasteiger partial charge in [0, 0.05) is 27.8 Å². The van der Waals surface area contributed by atoms with Crippen LogP contribution in [0.4, 0.5) is 17.3 Å². The van der Waals surface area contributed by atoms with Gasteiger partial charge in [0.15, 0.2) is 0 Å². The van der Waals surface area contributed by atoms with Gasteiger partial charge in [-0.15, -0.1) is 0 Å². The van der Waals surface area contributed by atoms with Gasteiger partial charge in [-0.2, -0.15) is 0 Å². The Morgan fingerprint density at radius 1 is 0.963 bits per heavy atom. The largest absolute Gasteiger partial charge is 0.496 e. The number of anilines is 3. The Labute approximate surface area is 162 Å². The first-order valence-corrected chi connectivity index (χ1v) is 8.66. The molecule has 0 aliphatic carbocycles. The third-order valence-corrected chi connectivity index (χ3v) is 4.02. The number of aryl methyl sites for hydroxylation is 2. The van der Waals surface area contributed by atoms with Gasteiger partial charge in [-0.1, -0.05) is 11.6 Å². The Kier molecular flexibility index (Phi) is 5.57. The number of carbonyl (C=O) groups excluding carboxylic acids is 1. The summed E-state index contributed by atoms with van der Waals surface area (Å²) in [5.41, 5.74) is 3.62. The number of nitrogens with zero attached hydrogens (tertiary/aromatic N) is 2. The van der Waals surface area contributed by atoms with E-state index in [-0.39, 0.29) is 5.91 Å². The first-order valence-electron chi connectivity index (χ1n) is 8.29. The molecule has 2 N–H and O–H groups in total. The Morgan fingerprint density at radius 3 is 2.22 bits per heavy atom. The molecule has 0 bridgehead atoms. The van der Waals surface area contributed by atoms with Crippen LogP contribution in [-0.2, 0) is 0 Å². The van der Waals surface area contributed by atoms with Crippen LogP contribution in [0.2, 0.25) is 5.02 Å². The van der Waals surface area contributed by atoms with E-state index in [0.717, 1.165) is 17.1 Å². The molecule has 7 heteroatoms. The lowest BCUT2D eigenvalue weighted by Crippen LogP contribution is -2.13. The van der Waals surface area contributed by atoms with E-state index in [0.29, 0.717) is 28.0 Å². The highest BCUT2D eigenvalue weighted by molar-refractivity contribution is 6.31. The van der Waals surface area contributed by atoms with Crippen LogP contribution in [0.1, 0.15) is 21.7 Å². The summed E-state index contributed by atoms with van der Waals surface area (Å²) in [6.07, 6.45) is 0. The van der Waals surface area contributed by atoms with Crippen molar-refractivity contribution < 1.29 is 9.53 Å². The average molecular weight is 383 g/mol. The molecule has 2 aromatic carbocycles. The van der Waals surface area contributed by atoms with Gasteiger partial charge in [0.2, 0.25) is 5.95 Å². The maximum Gasteiger partial charge on any atom is 0.259 e. The summed E-state index contributed by atoms with van der Waals surface area (Å²) in [5, 5.41) is 6.45. The summed E-state index contributed by atoms with van der Waals surface area (Å²) in [4.78, 5) is 21.2. The van der Waals surface area contributed by atoms with Crippen molar-refractivity contribution in [3.05, 3.63) is 70.5 Å². The van der Waals surface area contributed by atoms with Crippen molar-refractivity contribution in [1.29, 1.82) is 0 Å². The zero-order valence-electron chi connectivity index (χ0n) is 15.2. The Morgan fingerprint density at radius 2 is 1.59 bits per heavy atom. The maximum absolute atomic E-state index is 12.5. The molecule has 0 atom stereocenters. The van der Waals surface area contributed by atoms with Gasteiger partial charge in [0.25, 0.3) is 5.91 Å². The minimum atomic E-state index is -0.298. The number of hydrogen-bond donors (Lipinski definition) is 2. The predicted octanol–water partition coefficient (Wildman–Crippen LogP) is 4.75. The second kappa shape index (κ2) is 8.05. The van der Waals surface area contributed by atoms with E-state index in [1.54, 1.807) is 30.3 Å². The summed E-state index contributed by atoms with van der Waals surface area (Å²) in [7, 11) is 1.51. The fraction of sp³-hybridized carbons (Fsp3) is 0.150. The molecule has 0 aliphatic heterocycles. The minimum absolute atomic E-state index is 0.298. The van der Waals surface area contributed by atoms with E-state index >= 15 is 0 Å². The Hall–Kier alpha value is -3.12. The van der Waals surface area contributed by atoms with Crippen molar-refractivity contribution in [2.45, 2.75) is 13.8 Å². The van der Waals surface area contributed by atoms with Gasteiger partial charge in [-0.25, -0.2) is 9.97 Å². The van der Waals surface area contributed by atoms with Crippen LogP contribution in [0.3, 0.4) is 0 Å². The molecule has 1 heterocycles. The van der Waals surface area contributed by atoms with Crippen molar-refractivity contribution in [3.63, 3.8) is 0 Å². The smallest absolute Gasteiger partial charge is 0.259 e. The summed E-state index contributed by atoms with van der Waals surface area (Å²) in [5.74, 6) is 0.697. The molecular formula is C20H19ClN4O2. The van der Waals surface area contributed by atoms with Crippen LogP contribution in [0.5, 0.6) is 5.75 Å². The summed E-state index contributed by atoms with van der Waals surface area (Å²) in [6.45, 7) is 3.84. The van der Waals surface area contributed by atoms with Crippen molar-refractivity contribution in [1.82, 2.24) is 9.97 Å². The topological polar surface area (TPSA) is 76.1 Å². The molecule has 0 saturated heterocycles. The molecule has 138 valence electrons. The molecule has 3 rings (SSSR count). The summed E-state index contributed by atoms with van der Waals surface area (Å²) < 4.78 is 5.22. The molecule has 0 aliphatic rings. The maximum atomic E-state index is 12.5. The number of halogens is 1. The average Bonchev–Trinajstić information content (AvgIpc) is 2.62. The number of ether oxygens (including phenoxy) is 1. The van der Waals surface area contributed by atoms with Crippen molar-refractivity contribution in [2.24, 2.45) is 0 Å². The van der Waals surface area contributed by atoms with E-state index in [9.17, 15) is 4.79 Å². The first-order chi connectivity index (χ1) is 12.9. The molecule has 1 amide bonds. The molecule has 27 heavy (non-hydrogen) atoms. The van der Waals surface area contributed by atoms with Gasteiger partial charge in [-0.3, -0.25) is 4.79 Å². The van der Waals surface area contributed by atoms with Gasteiger partial charge in [-0.05, 0) is 62.4 Å². The second-order valence-electron chi connectivity index (χ2n) is 5.98. The molecule has 0 saturated carbocycles. The Balaban J connectivity index is 1.72. The second-order valence-corrected chi connectivity index (χ2v) is 6.41. The molecule has 1 aromatic heterocycles. The van der Waals surface area contributed by atoms with E-state index in [4.69, 9.17) is 16.3 Å². The van der Waals surface area contributed by atoms with Crippen molar-refractivity contribution >= 4 is 34.8 Å². The first kappa shape index (κ1) is 18.7. The van der Waals surface area contributed by atoms with Crippen LogP contribution in [0, 0.1) is 13.8 Å². The highest BCUT2D eigenvalue weighted by Crippen LogP contribution is 2.24. The lowest BCUT2D eigenvalue weighted by atomic mass is 10.1. The summed E-state index contributed by atoms with van der Waals surface area (Å²) >= 11 is 5.99. The molecule has 0 fully saturated rings. The van der Waals surface area contributed by atoms with Crippen LogP contribution in [-0.4, -0.2) is 23.0 Å². The zero-order valence-corrected chi connectivity index (χ0v) is 16.0. The van der Waals surface area contributed by atoms with E-state index in [1.165, 1.54) is 7.11 Å². The summed E-state index contributed by atoms with van der Waals surface area (Å²) in [6, 6.07) is 14.1. The number of nitrogens with one attached hydrogen (secondary N) is 2. The van der Waals surface area contributed by atoms with E-state index in [2.05, 4.69) is 20.6 Å². The molecular weight excluding hydrogens is 364 g/mol. The van der Waals surface area contributed by atoms with Crippen LogP contribution in [0.15, 0.2) is 48.5 Å². The normalized spacial score (nSPS) is 10.4. The molecule has 0 radical (unpaired) electrons. The fourth-order valence-electron chi connectivity index (χ4n) is 2.60. The van der Waals surface area contributed by atoms with E-state index < -0.39 is 0 Å². The number of carbonyl (C=O) groups is 1.